The molecule has 114 valence electrons. The molecule has 1 aromatic rings. The summed E-state index contributed by atoms with van der Waals surface area (Å²) >= 11 is 0. The highest BCUT2D eigenvalue weighted by molar-refractivity contribution is 6.00. The summed E-state index contributed by atoms with van der Waals surface area (Å²) in [4.78, 5) is 24.8. The minimum atomic E-state index is -0.516. The van der Waals surface area contributed by atoms with Gasteiger partial charge >= 0.3 is 0 Å². The van der Waals surface area contributed by atoms with E-state index < -0.39 is 4.92 Å². The number of nitro groups is 1. The van der Waals surface area contributed by atoms with Gasteiger partial charge < -0.3 is 16.0 Å². The van der Waals surface area contributed by atoms with E-state index in [0.717, 1.165) is 25.9 Å². The van der Waals surface area contributed by atoms with E-state index in [2.05, 4.69) is 5.32 Å². The fraction of sp³-hybridized carbons (Fsp3) is 0.500. The van der Waals surface area contributed by atoms with Gasteiger partial charge in [0, 0.05) is 37.0 Å². The number of rotatable bonds is 5. The third-order valence-corrected chi connectivity index (χ3v) is 3.68. The Kier molecular flexibility index (Phi) is 4.74. The standard InChI is InChI=1S/C14H20N4O3/c1-2-7-17(11-5-6-16-9-11)14(19)12-8-10(18(20)21)3-4-13(12)15/h3-4,8,11,16H,2,5-7,9,15H2,1H3. The largest absolute Gasteiger partial charge is 0.398 e. The molecular formula is C14H20N4O3. The Morgan fingerprint density at radius 3 is 2.90 bits per heavy atom. The molecule has 1 unspecified atom stereocenters. The first-order valence-electron chi connectivity index (χ1n) is 7.10. The van der Waals surface area contributed by atoms with Crippen LogP contribution in [0.5, 0.6) is 0 Å². The van der Waals surface area contributed by atoms with Gasteiger partial charge in [-0.15, -0.1) is 0 Å². The minimum Gasteiger partial charge on any atom is -0.398 e. The first kappa shape index (κ1) is 15.2. The van der Waals surface area contributed by atoms with Crippen LogP contribution in [0.15, 0.2) is 18.2 Å². The molecule has 1 aromatic carbocycles. The number of nitrogens with one attached hydrogen (secondary N) is 1. The van der Waals surface area contributed by atoms with E-state index in [4.69, 9.17) is 5.73 Å². The maximum absolute atomic E-state index is 12.7. The molecule has 0 radical (unpaired) electrons. The molecule has 21 heavy (non-hydrogen) atoms. The summed E-state index contributed by atoms with van der Waals surface area (Å²) in [6.07, 6.45) is 1.72. The number of hydrogen-bond acceptors (Lipinski definition) is 5. The van der Waals surface area contributed by atoms with E-state index in [-0.39, 0.29) is 28.9 Å². The molecule has 0 aliphatic carbocycles. The Morgan fingerprint density at radius 2 is 2.33 bits per heavy atom. The summed E-state index contributed by atoms with van der Waals surface area (Å²) in [7, 11) is 0. The van der Waals surface area contributed by atoms with Crippen molar-refractivity contribution in [3.8, 4) is 0 Å². The third-order valence-electron chi connectivity index (χ3n) is 3.68. The van der Waals surface area contributed by atoms with Crippen LogP contribution in [0.2, 0.25) is 0 Å². The van der Waals surface area contributed by atoms with Crippen molar-refractivity contribution in [3.63, 3.8) is 0 Å². The van der Waals surface area contributed by atoms with E-state index in [1.807, 2.05) is 6.92 Å². The maximum atomic E-state index is 12.7. The second-order valence-corrected chi connectivity index (χ2v) is 5.17. The first-order valence-corrected chi connectivity index (χ1v) is 7.10. The second-order valence-electron chi connectivity index (χ2n) is 5.17. The number of nitrogens with zero attached hydrogens (tertiary/aromatic N) is 2. The van der Waals surface area contributed by atoms with Crippen LogP contribution in [0.4, 0.5) is 11.4 Å². The Balaban J connectivity index is 2.31. The van der Waals surface area contributed by atoms with Gasteiger partial charge in [0.2, 0.25) is 0 Å². The molecule has 7 heteroatoms. The number of nitro benzene ring substituents is 1. The van der Waals surface area contributed by atoms with E-state index in [1.54, 1.807) is 4.90 Å². The average Bonchev–Trinajstić information content (AvgIpc) is 2.98. The smallest absolute Gasteiger partial charge is 0.270 e. The van der Waals surface area contributed by atoms with Gasteiger partial charge in [0.25, 0.3) is 11.6 Å². The molecule has 3 N–H and O–H groups in total. The zero-order valence-corrected chi connectivity index (χ0v) is 12.0. The normalized spacial score (nSPS) is 17.7. The zero-order valence-electron chi connectivity index (χ0n) is 12.0. The van der Waals surface area contributed by atoms with Crippen LogP contribution < -0.4 is 11.1 Å². The van der Waals surface area contributed by atoms with Crippen molar-refractivity contribution < 1.29 is 9.72 Å². The lowest BCUT2D eigenvalue weighted by molar-refractivity contribution is -0.384. The Hall–Kier alpha value is -2.15. The third kappa shape index (κ3) is 3.30. The van der Waals surface area contributed by atoms with Crippen molar-refractivity contribution in [3.05, 3.63) is 33.9 Å². The monoisotopic (exact) mass is 292 g/mol. The lowest BCUT2D eigenvalue weighted by Gasteiger charge is -2.28. The molecule has 0 spiro atoms. The molecule has 1 heterocycles. The Bertz CT molecular complexity index is 541. The highest BCUT2D eigenvalue weighted by atomic mass is 16.6. The van der Waals surface area contributed by atoms with E-state index in [1.165, 1.54) is 18.2 Å². The highest BCUT2D eigenvalue weighted by Gasteiger charge is 2.28. The minimum absolute atomic E-state index is 0.117. The average molecular weight is 292 g/mol. The molecule has 0 bridgehead atoms. The van der Waals surface area contributed by atoms with Gasteiger partial charge in [-0.05, 0) is 25.5 Å². The SMILES string of the molecule is CCCN(C(=O)c1cc([N+](=O)[O-])ccc1N)C1CCNC1. The number of anilines is 1. The molecule has 1 fully saturated rings. The fourth-order valence-electron chi connectivity index (χ4n) is 2.59. The van der Waals surface area contributed by atoms with Crippen molar-refractivity contribution in [2.75, 3.05) is 25.4 Å². The van der Waals surface area contributed by atoms with Crippen molar-refractivity contribution in [2.45, 2.75) is 25.8 Å². The van der Waals surface area contributed by atoms with Gasteiger partial charge in [0.05, 0.1) is 10.5 Å². The van der Waals surface area contributed by atoms with Crippen LogP contribution in [0.1, 0.15) is 30.1 Å². The summed E-state index contributed by atoms with van der Waals surface area (Å²) in [6, 6.07) is 4.12. The van der Waals surface area contributed by atoms with Crippen LogP contribution in [-0.2, 0) is 0 Å². The number of non-ortho nitro benzene ring substituents is 1. The quantitative estimate of drug-likeness (QED) is 0.485. The fourth-order valence-corrected chi connectivity index (χ4v) is 2.59. The summed E-state index contributed by atoms with van der Waals surface area (Å²) in [6.45, 7) is 4.25. The number of hydrogen-bond donors (Lipinski definition) is 2. The molecule has 2 rings (SSSR count). The van der Waals surface area contributed by atoms with Crippen molar-refractivity contribution in [1.82, 2.24) is 10.2 Å². The number of carbonyl (C=O) groups is 1. The van der Waals surface area contributed by atoms with Gasteiger partial charge in [-0.25, -0.2) is 0 Å². The van der Waals surface area contributed by atoms with Crippen molar-refractivity contribution in [2.24, 2.45) is 0 Å². The lowest BCUT2D eigenvalue weighted by atomic mass is 10.1. The number of amides is 1. The van der Waals surface area contributed by atoms with Crippen LogP contribution in [0.3, 0.4) is 0 Å². The molecule has 1 aliphatic heterocycles. The summed E-state index contributed by atoms with van der Waals surface area (Å²) < 4.78 is 0. The molecule has 0 saturated carbocycles. The summed E-state index contributed by atoms with van der Waals surface area (Å²) in [5, 5.41) is 14.1. The number of carbonyl (C=O) groups excluding carboxylic acids is 1. The lowest BCUT2D eigenvalue weighted by Crippen LogP contribution is -2.42. The molecule has 1 saturated heterocycles. The summed E-state index contributed by atoms with van der Waals surface area (Å²) in [5.41, 5.74) is 6.21. The van der Waals surface area contributed by atoms with Crippen molar-refractivity contribution >= 4 is 17.3 Å². The number of benzene rings is 1. The Morgan fingerprint density at radius 1 is 1.57 bits per heavy atom. The van der Waals surface area contributed by atoms with Crippen LogP contribution >= 0.6 is 0 Å². The van der Waals surface area contributed by atoms with Crippen LogP contribution in [-0.4, -0.2) is 41.4 Å². The zero-order chi connectivity index (χ0) is 15.4. The van der Waals surface area contributed by atoms with Gasteiger partial charge in [-0.1, -0.05) is 6.92 Å². The van der Waals surface area contributed by atoms with Crippen molar-refractivity contribution in [1.29, 1.82) is 0 Å². The molecule has 1 amide bonds. The van der Waals surface area contributed by atoms with E-state index in [9.17, 15) is 14.9 Å². The Labute approximate surface area is 123 Å². The maximum Gasteiger partial charge on any atom is 0.270 e. The van der Waals surface area contributed by atoms with Gasteiger partial charge in [-0.3, -0.25) is 14.9 Å². The van der Waals surface area contributed by atoms with Crippen LogP contribution in [0.25, 0.3) is 0 Å². The predicted molar refractivity (Wildman–Crippen MR) is 80.1 cm³/mol. The van der Waals surface area contributed by atoms with E-state index in [0.29, 0.717) is 6.54 Å². The molecule has 7 nitrogen and oxygen atoms in total. The first-order chi connectivity index (χ1) is 10.0. The molecular weight excluding hydrogens is 272 g/mol. The molecule has 1 aliphatic rings. The van der Waals surface area contributed by atoms with Gasteiger partial charge in [0.1, 0.15) is 0 Å². The predicted octanol–water partition coefficient (Wildman–Crippen LogP) is 1.39. The molecule has 0 aromatic heterocycles. The highest BCUT2D eigenvalue weighted by Crippen LogP contribution is 2.23. The van der Waals surface area contributed by atoms with Crippen LogP contribution in [0, 0.1) is 10.1 Å². The number of nitrogen functional groups attached to an aromatic ring is 1. The van der Waals surface area contributed by atoms with Gasteiger partial charge in [-0.2, -0.15) is 0 Å². The number of nitrogens with two attached hydrogens (primary N) is 1. The molecule has 1 atom stereocenters. The topological polar surface area (TPSA) is 102 Å². The summed E-state index contributed by atoms with van der Waals surface area (Å²) in [5.74, 6) is -0.230. The second kappa shape index (κ2) is 6.53. The van der Waals surface area contributed by atoms with E-state index >= 15 is 0 Å². The van der Waals surface area contributed by atoms with Gasteiger partial charge in [0.15, 0.2) is 0 Å².